The largest absolute Gasteiger partial charge is 0.496 e. The van der Waals surface area contributed by atoms with Gasteiger partial charge in [0.15, 0.2) is 0 Å². The maximum Gasteiger partial charge on any atom is 0.133 e. The average molecular weight is 328 g/mol. The molecule has 1 aromatic rings. The number of ether oxygens (including phenoxy) is 2. The minimum Gasteiger partial charge on any atom is -0.496 e. The summed E-state index contributed by atoms with van der Waals surface area (Å²) in [6.45, 7) is 0. The maximum absolute atomic E-state index is 5.73. The Labute approximate surface area is 123 Å². The Hall–Kier alpha value is -0.580. The van der Waals surface area contributed by atoms with Crippen molar-refractivity contribution < 1.29 is 9.47 Å². The molecule has 1 saturated carbocycles. The molecule has 0 aliphatic heterocycles. The standard InChI is InChI=1S/C15H22BrNO2/c1-17-13(10-15(19-3)7-4-8-15)11-5-6-14(18-2)12(16)9-11/h5-6,9,13,17H,4,7-8,10H2,1-3H3. The Morgan fingerprint density at radius 2 is 2.11 bits per heavy atom. The van der Waals surface area contributed by atoms with E-state index < -0.39 is 0 Å². The third-order valence-electron chi connectivity index (χ3n) is 4.20. The van der Waals surface area contributed by atoms with E-state index in [1.165, 1.54) is 24.8 Å². The van der Waals surface area contributed by atoms with Gasteiger partial charge in [-0.3, -0.25) is 0 Å². The molecule has 1 atom stereocenters. The number of halogens is 1. The van der Waals surface area contributed by atoms with E-state index in [1.54, 1.807) is 7.11 Å². The van der Waals surface area contributed by atoms with E-state index in [4.69, 9.17) is 9.47 Å². The second kappa shape index (κ2) is 6.25. The van der Waals surface area contributed by atoms with Gasteiger partial charge in [0.2, 0.25) is 0 Å². The molecule has 0 heterocycles. The molecule has 0 saturated heterocycles. The highest BCUT2D eigenvalue weighted by atomic mass is 79.9. The van der Waals surface area contributed by atoms with Crippen molar-refractivity contribution in [1.29, 1.82) is 0 Å². The minimum atomic E-state index is 0.0695. The second-order valence-corrected chi connectivity index (χ2v) is 6.03. The molecule has 2 rings (SSSR count). The lowest BCUT2D eigenvalue weighted by molar-refractivity contribution is -0.0834. The molecule has 19 heavy (non-hydrogen) atoms. The van der Waals surface area contributed by atoms with Gasteiger partial charge in [0.1, 0.15) is 5.75 Å². The summed E-state index contributed by atoms with van der Waals surface area (Å²) in [4.78, 5) is 0. The van der Waals surface area contributed by atoms with E-state index in [-0.39, 0.29) is 5.60 Å². The van der Waals surface area contributed by atoms with Crippen LogP contribution < -0.4 is 10.1 Å². The first-order valence-electron chi connectivity index (χ1n) is 6.70. The zero-order chi connectivity index (χ0) is 13.9. The second-order valence-electron chi connectivity index (χ2n) is 5.18. The molecule has 0 bridgehead atoms. The molecular formula is C15H22BrNO2. The zero-order valence-electron chi connectivity index (χ0n) is 11.8. The molecule has 0 aromatic heterocycles. The third kappa shape index (κ3) is 3.12. The summed E-state index contributed by atoms with van der Waals surface area (Å²) in [5.74, 6) is 0.865. The Bertz CT molecular complexity index is 427. The number of hydrogen-bond acceptors (Lipinski definition) is 3. The van der Waals surface area contributed by atoms with Crippen LogP contribution in [-0.4, -0.2) is 26.9 Å². The number of rotatable bonds is 6. The summed E-state index contributed by atoms with van der Waals surface area (Å²) in [5, 5.41) is 3.40. The van der Waals surface area contributed by atoms with E-state index >= 15 is 0 Å². The van der Waals surface area contributed by atoms with E-state index in [9.17, 15) is 0 Å². The fraction of sp³-hybridized carbons (Fsp3) is 0.600. The van der Waals surface area contributed by atoms with Crippen molar-refractivity contribution in [3.05, 3.63) is 28.2 Å². The van der Waals surface area contributed by atoms with Gasteiger partial charge < -0.3 is 14.8 Å². The summed E-state index contributed by atoms with van der Waals surface area (Å²) >= 11 is 3.55. The van der Waals surface area contributed by atoms with Crippen LogP contribution in [0, 0.1) is 0 Å². The van der Waals surface area contributed by atoms with Crippen LogP contribution in [-0.2, 0) is 4.74 Å². The molecule has 1 N–H and O–H groups in total. The normalized spacial score (nSPS) is 18.7. The van der Waals surface area contributed by atoms with Gasteiger partial charge in [0.25, 0.3) is 0 Å². The van der Waals surface area contributed by atoms with Crippen LogP contribution in [0.25, 0.3) is 0 Å². The first-order chi connectivity index (χ1) is 9.14. The van der Waals surface area contributed by atoms with Crippen molar-refractivity contribution in [2.24, 2.45) is 0 Å². The number of methoxy groups -OCH3 is 2. The lowest BCUT2D eigenvalue weighted by Gasteiger charge is -2.43. The quantitative estimate of drug-likeness (QED) is 0.864. The molecule has 1 aliphatic carbocycles. The van der Waals surface area contributed by atoms with E-state index in [0.717, 1.165) is 16.6 Å². The number of benzene rings is 1. The first-order valence-corrected chi connectivity index (χ1v) is 7.49. The van der Waals surface area contributed by atoms with Crippen molar-refractivity contribution in [3.63, 3.8) is 0 Å². The van der Waals surface area contributed by atoms with Gasteiger partial charge in [-0.25, -0.2) is 0 Å². The molecule has 0 radical (unpaired) electrons. The predicted molar refractivity (Wildman–Crippen MR) is 80.7 cm³/mol. The lowest BCUT2D eigenvalue weighted by Crippen LogP contribution is -2.42. The van der Waals surface area contributed by atoms with Gasteiger partial charge in [0.05, 0.1) is 17.2 Å². The Morgan fingerprint density at radius 1 is 1.37 bits per heavy atom. The molecule has 1 aromatic carbocycles. The maximum atomic E-state index is 5.73. The van der Waals surface area contributed by atoms with Gasteiger partial charge >= 0.3 is 0 Å². The highest BCUT2D eigenvalue weighted by molar-refractivity contribution is 9.10. The summed E-state index contributed by atoms with van der Waals surface area (Å²) in [6, 6.07) is 6.56. The minimum absolute atomic E-state index is 0.0695. The Kier molecular flexibility index (Phi) is 4.87. The zero-order valence-corrected chi connectivity index (χ0v) is 13.4. The monoisotopic (exact) mass is 327 g/mol. The molecule has 1 fully saturated rings. The van der Waals surface area contributed by atoms with Crippen LogP contribution in [0.3, 0.4) is 0 Å². The predicted octanol–water partition coefficient (Wildman–Crippen LogP) is 3.68. The number of nitrogens with one attached hydrogen (secondary N) is 1. The van der Waals surface area contributed by atoms with Crippen LogP contribution in [0.1, 0.15) is 37.3 Å². The smallest absolute Gasteiger partial charge is 0.133 e. The summed E-state index contributed by atoms with van der Waals surface area (Å²) in [7, 11) is 5.52. The first kappa shape index (κ1) is 14.8. The molecule has 4 heteroatoms. The van der Waals surface area contributed by atoms with Gasteiger partial charge in [-0.1, -0.05) is 6.07 Å². The molecule has 0 amide bonds. The fourth-order valence-electron chi connectivity index (χ4n) is 2.72. The Morgan fingerprint density at radius 3 is 2.53 bits per heavy atom. The van der Waals surface area contributed by atoms with Crippen molar-refractivity contribution >= 4 is 15.9 Å². The van der Waals surface area contributed by atoms with Crippen LogP contribution in [0.5, 0.6) is 5.75 Å². The highest BCUT2D eigenvalue weighted by Crippen LogP contribution is 2.42. The van der Waals surface area contributed by atoms with Crippen LogP contribution in [0.2, 0.25) is 0 Å². The van der Waals surface area contributed by atoms with Gasteiger partial charge in [0, 0.05) is 13.2 Å². The van der Waals surface area contributed by atoms with Crippen LogP contribution in [0.4, 0.5) is 0 Å². The molecule has 3 nitrogen and oxygen atoms in total. The molecule has 1 unspecified atom stereocenters. The summed E-state index contributed by atoms with van der Waals surface area (Å²) in [5.41, 5.74) is 1.33. The van der Waals surface area contributed by atoms with Crippen molar-refractivity contribution in [1.82, 2.24) is 5.32 Å². The summed E-state index contributed by atoms with van der Waals surface area (Å²) < 4.78 is 12.0. The highest BCUT2D eigenvalue weighted by Gasteiger charge is 2.39. The van der Waals surface area contributed by atoms with Gasteiger partial charge in [-0.05, 0) is 66.4 Å². The van der Waals surface area contributed by atoms with Gasteiger partial charge in [-0.2, -0.15) is 0 Å². The molecule has 1 aliphatic rings. The lowest BCUT2D eigenvalue weighted by atomic mass is 9.74. The topological polar surface area (TPSA) is 30.5 Å². The molecule has 106 valence electrons. The van der Waals surface area contributed by atoms with Crippen LogP contribution >= 0.6 is 15.9 Å². The SMILES string of the molecule is CNC(CC1(OC)CCC1)c1ccc(OC)c(Br)c1. The van der Waals surface area contributed by atoms with E-state index in [1.807, 2.05) is 20.2 Å². The summed E-state index contributed by atoms with van der Waals surface area (Å²) in [6.07, 6.45) is 4.62. The van der Waals surface area contributed by atoms with E-state index in [0.29, 0.717) is 6.04 Å². The molecule has 0 spiro atoms. The van der Waals surface area contributed by atoms with Gasteiger partial charge in [-0.15, -0.1) is 0 Å². The third-order valence-corrected chi connectivity index (χ3v) is 4.82. The number of hydrogen-bond donors (Lipinski definition) is 1. The fourth-order valence-corrected chi connectivity index (χ4v) is 3.28. The molecular weight excluding hydrogens is 306 g/mol. The van der Waals surface area contributed by atoms with Crippen LogP contribution in [0.15, 0.2) is 22.7 Å². The van der Waals surface area contributed by atoms with E-state index in [2.05, 4.69) is 33.4 Å². The Balaban J connectivity index is 2.15. The average Bonchev–Trinajstić information content (AvgIpc) is 2.38. The van der Waals surface area contributed by atoms with Crippen molar-refractivity contribution in [2.75, 3.05) is 21.3 Å². The van der Waals surface area contributed by atoms with Crippen molar-refractivity contribution in [3.8, 4) is 5.75 Å². The van der Waals surface area contributed by atoms with Crippen molar-refractivity contribution in [2.45, 2.75) is 37.3 Å².